The van der Waals surface area contributed by atoms with E-state index >= 15 is 0 Å². The van der Waals surface area contributed by atoms with Crippen molar-refractivity contribution in [2.75, 3.05) is 25.0 Å². The Bertz CT molecular complexity index is 2370. The Kier molecular flexibility index (Phi) is 33.8. The van der Waals surface area contributed by atoms with Gasteiger partial charge in [-0.2, -0.15) is 0 Å². The third-order valence-corrected chi connectivity index (χ3v) is 16.0. The lowest BCUT2D eigenvalue weighted by atomic mass is 9.77. The van der Waals surface area contributed by atoms with Crippen LogP contribution in [-0.4, -0.2) is 105 Å². The van der Waals surface area contributed by atoms with Gasteiger partial charge in [0.25, 0.3) is 0 Å². The molecule has 474 valence electrons. The summed E-state index contributed by atoms with van der Waals surface area (Å²) in [5, 5.41) is 2.82. The molecule has 3 heterocycles. The molecule has 16 nitrogen and oxygen atoms in total. The molecule has 3 unspecified atom stereocenters. The van der Waals surface area contributed by atoms with E-state index in [2.05, 4.69) is 19.2 Å². The molecule has 1 aromatic carbocycles. The van der Waals surface area contributed by atoms with Crippen molar-refractivity contribution in [1.82, 2.24) is 14.7 Å². The lowest BCUT2D eigenvalue weighted by Gasteiger charge is -2.30. The number of rotatable bonds is 24. The quantitative estimate of drug-likeness (QED) is 0.0753. The zero-order valence-electron chi connectivity index (χ0n) is 55.3. The average Bonchev–Trinajstić information content (AvgIpc) is 4.17. The number of nitrogens with one attached hydrogen (secondary N) is 1. The van der Waals surface area contributed by atoms with Crippen molar-refractivity contribution >= 4 is 76.0 Å². The minimum absolute atomic E-state index is 0.00735. The largest absolute Gasteiger partial charge is 0.326 e. The van der Waals surface area contributed by atoms with Crippen LogP contribution in [0.2, 0.25) is 0 Å². The van der Waals surface area contributed by atoms with Crippen molar-refractivity contribution in [3.8, 4) is 0 Å². The number of carbonyl (C=O) groups is 12. The molecule has 4 aliphatic rings. The van der Waals surface area contributed by atoms with Gasteiger partial charge in [-0.3, -0.25) is 72.2 Å². The second-order valence-electron chi connectivity index (χ2n) is 27.1. The van der Waals surface area contributed by atoms with Crippen LogP contribution in [0.5, 0.6) is 0 Å². The molecule has 4 fully saturated rings. The van der Waals surface area contributed by atoms with Crippen LogP contribution < -0.4 is 5.32 Å². The maximum atomic E-state index is 12.3. The van der Waals surface area contributed by atoms with Gasteiger partial charge < -0.3 is 5.32 Å². The first-order valence-corrected chi connectivity index (χ1v) is 31.5. The Morgan fingerprint density at radius 1 is 0.452 bits per heavy atom. The van der Waals surface area contributed by atoms with Crippen molar-refractivity contribution < 1.29 is 57.5 Å². The lowest BCUT2D eigenvalue weighted by molar-refractivity contribution is -0.142. The summed E-state index contributed by atoms with van der Waals surface area (Å²) < 4.78 is 0. The number of Topliss-reactive ketones (excluding diaryl/α,β-unsaturated/α-hetero) is 5. The van der Waals surface area contributed by atoms with Gasteiger partial charge in [0.2, 0.25) is 41.4 Å². The normalized spacial score (nSPS) is 19.8. The molecule has 1 aromatic rings. The van der Waals surface area contributed by atoms with Gasteiger partial charge in [0.15, 0.2) is 5.78 Å². The van der Waals surface area contributed by atoms with Crippen molar-refractivity contribution in [3.63, 3.8) is 0 Å². The number of benzene rings is 1. The van der Waals surface area contributed by atoms with E-state index in [4.69, 9.17) is 0 Å². The molecule has 84 heavy (non-hydrogen) atoms. The van der Waals surface area contributed by atoms with Crippen LogP contribution in [0.25, 0.3) is 0 Å². The molecule has 5 rings (SSSR count). The standard InChI is InChI=1S/C18H29NO3.C15H21NO2.C14H23NO3.C13H21NO3.C8H16O/c1-11(2)15-9-16(20)19(18(15)22)10-13-5-7-14(8-6-13)17(21)12(3)4;1-10(2)9-14(17)16-13-7-5-12(6-8-13)15(18)11(3)4;1-9(2)11-8-13(17)15(14(11)18)7-5-6-12(16)10(3)4;1-8(2)10-7-12(16)14(13(10)17)6-5-11(15)9(3)4;1-6(2)5-8(9)7(3)4/h11-15H,5-10H2,1-4H3;5-8,10-11H,9H2,1-4H3,(H,16,17);9-11H,5-8H2,1-4H3;8-10H,5-7H2,1-4H3;6-7H,5H2,1-4H3. The minimum atomic E-state index is -0.198. The molecule has 1 saturated carbocycles. The summed E-state index contributed by atoms with van der Waals surface area (Å²) in [4.78, 5) is 145. The van der Waals surface area contributed by atoms with E-state index in [0.29, 0.717) is 86.5 Å². The van der Waals surface area contributed by atoms with Crippen molar-refractivity contribution in [2.45, 2.75) is 216 Å². The molecule has 7 amide bonds. The number of anilines is 1. The number of imide groups is 3. The molecule has 0 spiro atoms. The second-order valence-corrected chi connectivity index (χ2v) is 27.1. The number of nitrogens with zero attached hydrogens (tertiary/aromatic N) is 3. The fourth-order valence-corrected chi connectivity index (χ4v) is 10.2. The highest BCUT2D eigenvalue weighted by molar-refractivity contribution is 6.05. The predicted octanol–water partition coefficient (Wildman–Crippen LogP) is 12.5. The first kappa shape index (κ1) is 76.5. The van der Waals surface area contributed by atoms with Gasteiger partial charge in [-0.05, 0) is 91.9 Å². The summed E-state index contributed by atoms with van der Waals surface area (Å²) in [5.74, 6) is 2.58. The molecule has 16 heteroatoms. The monoisotopic (exact) mass is 1170 g/mol. The Labute approximate surface area is 505 Å². The first-order chi connectivity index (χ1) is 38.9. The molecule has 1 aliphatic carbocycles. The maximum Gasteiger partial charge on any atom is 0.233 e. The predicted molar refractivity (Wildman–Crippen MR) is 331 cm³/mol. The zero-order valence-corrected chi connectivity index (χ0v) is 55.3. The fourth-order valence-electron chi connectivity index (χ4n) is 10.2. The van der Waals surface area contributed by atoms with E-state index in [1.165, 1.54) is 14.7 Å². The lowest BCUT2D eigenvalue weighted by Crippen LogP contribution is -2.37. The Morgan fingerprint density at radius 2 is 0.845 bits per heavy atom. The highest BCUT2D eigenvalue weighted by Crippen LogP contribution is 2.34. The van der Waals surface area contributed by atoms with Gasteiger partial charge in [0.1, 0.15) is 23.1 Å². The maximum absolute atomic E-state index is 12.3. The van der Waals surface area contributed by atoms with E-state index in [9.17, 15) is 57.5 Å². The van der Waals surface area contributed by atoms with Crippen molar-refractivity contribution in [1.29, 1.82) is 0 Å². The Morgan fingerprint density at radius 3 is 1.20 bits per heavy atom. The molecular formula is C68H110N4O12. The van der Waals surface area contributed by atoms with Crippen molar-refractivity contribution in [3.05, 3.63) is 29.8 Å². The minimum Gasteiger partial charge on any atom is -0.326 e. The van der Waals surface area contributed by atoms with Crippen LogP contribution in [-0.2, 0) is 52.7 Å². The van der Waals surface area contributed by atoms with Crippen molar-refractivity contribution in [2.24, 2.45) is 88.8 Å². The summed E-state index contributed by atoms with van der Waals surface area (Å²) in [7, 11) is 0. The Balaban J connectivity index is 0.000000536. The van der Waals surface area contributed by atoms with Gasteiger partial charge in [-0.1, -0.05) is 138 Å². The van der Waals surface area contributed by atoms with Crippen LogP contribution in [0.4, 0.5) is 5.69 Å². The molecular weight excluding hydrogens is 1060 g/mol. The number of likely N-dealkylation sites (tertiary alicyclic amines) is 3. The second kappa shape index (κ2) is 37.1. The fraction of sp³-hybridized carbons (Fsp3) is 0.735. The third-order valence-electron chi connectivity index (χ3n) is 16.0. The molecule has 1 N–H and O–H groups in total. The molecule has 3 atom stereocenters. The van der Waals surface area contributed by atoms with E-state index in [-0.39, 0.29) is 143 Å². The number of ketones is 5. The van der Waals surface area contributed by atoms with Crippen LogP contribution in [0.3, 0.4) is 0 Å². The van der Waals surface area contributed by atoms with Crippen LogP contribution in [0, 0.1) is 88.8 Å². The number of amides is 7. The highest BCUT2D eigenvalue weighted by Gasteiger charge is 2.43. The summed E-state index contributed by atoms with van der Waals surface area (Å²) in [6.45, 7) is 40.1. The summed E-state index contributed by atoms with van der Waals surface area (Å²) in [6, 6.07) is 7.06. The van der Waals surface area contributed by atoms with Gasteiger partial charge in [-0.25, -0.2) is 0 Å². The zero-order chi connectivity index (χ0) is 64.6. The summed E-state index contributed by atoms with van der Waals surface area (Å²) in [6.07, 6.45) is 7.26. The molecule has 0 bridgehead atoms. The summed E-state index contributed by atoms with van der Waals surface area (Å²) >= 11 is 0. The van der Waals surface area contributed by atoms with E-state index in [0.717, 1.165) is 37.8 Å². The molecule has 0 radical (unpaired) electrons. The SMILES string of the molecule is CC(C)C(=O)C1CCC(CN2C(=O)CC(C(C)C)C2=O)CC1.CC(C)C(=O)CCCN1C(=O)CC(C(C)C)C1=O.CC(C)C(=O)CCN1C(=O)CC(C(C)C)C1=O.CC(C)CC(=O)C(C)C.CC(C)CC(=O)Nc1ccc(C(=O)C(C)C)cc1. The number of carbonyl (C=O) groups excluding carboxylic acids is 12. The van der Waals surface area contributed by atoms with Gasteiger partial charge in [0, 0.05) is 129 Å². The van der Waals surface area contributed by atoms with Crippen LogP contribution in [0.15, 0.2) is 24.3 Å². The molecule has 0 aromatic heterocycles. The molecule has 3 aliphatic heterocycles. The summed E-state index contributed by atoms with van der Waals surface area (Å²) in [5.41, 5.74) is 1.42. The van der Waals surface area contributed by atoms with Gasteiger partial charge in [0.05, 0.1) is 0 Å². The van der Waals surface area contributed by atoms with E-state index in [1.807, 2.05) is 125 Å². The average molecular weight is 1180 g/mol. The van der Waals surface area contributed by atoms with E-state index in [1.54, 1.807) is 24.3 Å². The number of hydrogen-bond acceptors (Lipinski definition) is 12. The smallest absolute Gasteiger partial charge is 0.233 e. The third kappa shape index (κ3) is 26.0. The van der Waals surface area contributed by atoms with Gasteiger partial charge in [-0.15, -0.1) is 0 Å². The topological polar surface area (TPSA) is 227 Å². The molecule has 3 saturated heterocycles. The first-order valence-electron chi connectivity index (χ1n) is 31.5. The van der Waals surface area contributed by atoms with Gasteiger partial charge >= 0.3 is 0 Å². The highest BCUT2D eigenvalue weighted by atomic mass is 16.2. The van der Waals surface area contributed by atoms with E-state index < -0.39 is 0 Å². The van der Waals surface area contributed by atoms with Crippen LogP contribution in [0.1, 0.15) is 226 Å². The van der Waals surface area contributed by atoms with Crippen LogP contribution >= 0.6 is 0 Å². The Hall–Kier alpha value is -5.54. The number of hydrogen-bond donors (Lipinski definition) is 1.